The van der Waals surface area contributed by atoms with Crippen LogP contribution < -0.4 is 10.5 Å². The predicted octanol–water partition coefficient (Wildman–Crippen LogP) is 1.34. The number of amides is 1. The molecule has 0 aromatic heterocycles. The Labute approximate surface area is 145 Å². The fourth-order valence-electron chi connectivity index (χ4n) is 2.81. The van der Waals surface area contributed by atoms with E-state index in [2.05, 4.69) is 4.74 Å². The Morgan fingerprint density at radius 1 is 1.44 bits per heavy atom. The number of aliphatic hydroxyl groups excluding tert-OH is 1. The smallest absolute Gasteiger partial charge is 0.305 e. The Kier molecular flexibility index (Phi) is 6.58. The molecule has 138 valence electrons. The van der Waals surface area contributed by atoms with Crippen molar-refractivity contribution >= 4 is 17.6 Å². The van der Waals surface area contributed by atoms with E-state index in [4.69, 9.17) is 10.5 Å². The molecule has 1 aliphatic rings. The molecule has 2 rings (SSSR count). The normalized spacial score (nSPS) is 16.8. The third-order valence-corrected chi connectivity index (χ3v) is 4.19. The van der Waals surface area contributed by atoms with E-state index in [9.17, 15) is 19.1 Å². The molecule has 0 spiro atoms. The highest BCUT2D eigenvalue weighted by Crippen LogP contribution is 2.28. The van der Waals surface area contributed by atoms with Crippen LogP contribution in [0.15, 0.2) is 12.1 Å². The number of nitrogens with zero attached hydrogens (tertiary/aromatic N) is 1. The van der Waals surface area contributed by atoms with E-state index in [1.165, 1.54) is 18.1 Å². The molecule has 25 heavy (non-hydrogen) atoms. The molecule has 0 aliphatic carbocycles. The number of anilines is 1. The van der Waals surface area contributed by atoms with Gasteiger partial charge in [-0.1, -0.05) is 0 Å². The summed E-state index contributed by atoms with van der Waals surface area (Å²) in [5.74, 6) is -1.53. The van der Waals surface area contributed by atoms with Crippen LogP contribution in [0.2, 0.25) is 0 Å². The van der Waals surface area contributed by atoms with Crippen molar-refractivity contribution < 1.29 is 28.6 Å². The highest BCUT2D eigenvalue weighted by molar-refractivity contribution is 5.99. The van der Waals surface area contributed by atoms with Crippen LogP contribution in [0.5, 0.6) is 5.75 Å². The Bertz CT molecular complexity index is 638. The molecule has 1 aromatic rings. The molecular weight excluding hydrogens is 331 g/mol. The molecule has 1 aliphatic heterocycles. The van der Waals surface area contributed by atoms with Gasteiger partial charge in [0, 0.05) is 24.7 Å². The van der Waals surface area contributed by atoms with Crippen molar-refractivity contribution in [1.82, 2.24) is 4.90 Å². The molecule has 1 heterocycles. The summed E-state index contributed by atoms with van der Waals surface area (Å²) < 4.78 is 24.0. The van der Waals surface area contributed by atoms with E-state index in [0.717, 1.165) is 12.5 Å². The molecule has 1 atom stereocenters. The van der Waals surface area contributed by atoms with Crippen LogP contribution in [0.25, 0.3) is 0 Å². The number of rotatable bonds is 7. The van der Waals surface area contributed by atoms with Crippen molar-refractivity contribution in [2.75, 3.05) is 32.6 Å². The fraction of sp³-hybridized carbons (Fsp3) is 0.529. The average molecular weight is 354 g/mol. The van der Waals surface area contributed by atoms with Gasteiger partial charge in [0.05, 0.1) is 31.9 Å². The summed E-state index contributed by atoms with van der Waals surface area (Å²) in [4.78, 5) is 25.1. The molecule has 3 N–H and O–H groups in total. The Hall–Kier alpha value is -2.35. The summed E-state index contributed by atoms with van der Waals surface area (Å²) in [6.45, 7) is 0.504. The van der Waals surface area contributed by atoms with Crippen molar-refractivity contribution in [1.29, 1.82) is 0 Å². The van der Waals surface area contributed by atoms with Crippen molar-refractivity contribution in [3.63, 3.8) is 0 Å². The number of nitrogen functional groups attached to an aromatic ring is 1. The van der Waals surface area contributed by atoms with Crippen LogP contribution in [-0.4, -0.2) is 54.8 Å². The minimum atomic E-state index is -0.699. The summed E-state index contributed by atoms with van der Waals surface area (Å²) >= 11 is 0. The van der Waals surface area contributed by atoms with Gasteiger partial charge in [-0.3, -0.25) is 9.59 Å². The highest BCUT2D eigenvalue weighted by atomic mass is 19.1. The van der Waals surface area contributed by atoms with Crippen LogP contribution >= 0.6 is 0 Å². The lowest BCUT2D eigenvalue weighted by atomic mass is 10.1. The number of methoxy groups -OCH3 is 1. The first-order valence-electron chi connectivity index (χ1n) is 8.18. The summed E-state index contributed by atoms with van der Waals surface area (Å²) in [5, 5.41) is 9.33. The number of ether oxygens (including phenoxy) is 2. The SMILES string of the molecule is COC(=O)CCCOc1cc(N)c(C(=O)N2CCC[C@H]2CO)cc1F. The van der Waals surface area contributed by atoms with E-state index in [0.29, 0.717) is 19.4 Å². The molecule has 0 bridgehead atoms. The van der Waals surface area contributed by atoms with Crippen molar-refractivity contribution in [3.05, 3.63) is 23.5 Å². The number of carbonyl (C=O) groups excluding carboxylic acids is 2. The van der Waals surface area contributed by atoms with Gasteiger partial charge in [0.2, 0.25) is 0 Å². The second-order valence-electron chi connectivity index (χ2n) is 5.88. The lowest BCUT2D eigenvalue weighted by Crippen LogP contribution is -2.38. The monoisotopic (exact) mass is 354 g/mol. The number of aliphatic hydroxyl groups is 1. The molecule has 1 fully saturated rings. The topological polar surface area (TPSA) is 102 Å². The Morgan fingerprint density at radius 3 is 2.88 bits per heavy atom. The van der Waals surface area contributed by atoms with Crippen LogP contribution in [0, 0.1) is 5.82 Å². The maximum absolute atomic E-state index is 14.2. The van der Waals surface area contributed by atoms with E-state index in [1.54, 1.807) is 0 Å². The van der Waals surface area contributed by atoms with Crippen molar-refractivity contribution in [3.8, 4) is 5.75 Å². The van der Waals surface area contributed by atoms with E-state index in [-0.39, 0.29) is 48.6 Å². The number of esters is 1. The number of likely N-dealkylation sites (tertiary alicyclic amines) is 1. The lowest BCUT2D eigenvalue weighted by Gasteiger charge is -2.24. The molecule has 0 unspecified atom stereocenters. The molecule has 1 aromatic carbocycles. The molecule has 0 saturated carbocycles. The fourth-order valence-corrected chi connectivity index (χ4v) is 2.81. The Balaban J connectivity index is 2.04. The van der Waals surface area contributed by atoms with Crippen LogP contribution in [0.1, 0.15) is 36.0 Å². The minimum absolute atomic E-state index is 0.0553. The standard InChI is InChI=1S/C17H23FN2O5/c1-24-16(22)5-3-7-25-15-9-14(19)12(8-13(15)18)17(23)20-6-2-4-11(20)10-21/h8-9,11,21H,2-7,10,19H2,1H3/t11-/m0/s1. The zero-order valence-electron chi connectivity index (χ0n) is 14.2. The van der Waals surface area contributed by atoms with Gasteiger partial charge in [0.25, 0.3) is 5.91 Å². The van der Waals surface area contributed by atoms with Gasteiger partial charge in [-0.25, -0.2) is 4.39 Å². The highest BCUT2D eigenvalue weighted by Gasteiger charge is 2.30. The van der Waals surface area contributed by atoms with E-state index in [1.807, 2.05) is 0 Å². The van der Waals surface area contributed by atoms with Crippen molar-refractivity contribution in [2.45, 2.75) is 31.7 Å². The third-order valence-electron chi connectivity index (χ3n) is 4.19. The molecule has 1 amide bonds. The zero-order valence-corrected chi connectivity index (χ0v) is 14.2. The Morgan fingerprint density at radius 2 is 2.20 bits per heavy atom. The number of carbonyl (C=O) groups is 2. The van der Waals surface area contributed by atoms with Gasteiger partial charge < -0.3 is 25.2 Å². The number of halogens is 1. The van der Waals surface area contributed by atoms with Crippen LogP contribution in [0.3, 0.4) is 0 Å². The largest absolute Gasteiger partial charge is 0.490 e. The first kappa shape index (κ1) is 19.0. The van der Waals surface area contributed by atoms with Crippen LogP contribution in [-0.2, 0) is 9.53 Å². The van der Waals surface area contributed by atoms with E-state index < -0.39 is 11.7 Å². The number of hydrogen-bond donors (Lipinski definition) is 2. The maximum atomic E-state index is 14.2. The molecular formula is C17H23FN2O5. The number of benzene rings is 1. The van der Waals surface area contributed by atoms with Gasteiger partial charge in [-0.2, -0.15) is 0 Å². The van der Waals surface area contributed by atoms with Gasteiger partial charge in [0.1, 0.15) is 0 Å². The molecule has 7 nitrogen and oxygen atoms in total. The predicted molar refractivity (Wildman–Crippen MR) is 88.7 cm³/mol. The first-order valence-corrected chi connectivity index (χ1v) is 8.18. The summed E-state index contributed by atoms with van der Waals surface area (Å²) in [6.07, 6.45) is 2.05. The van der Waals surface area contributed by atoms with Gasteiger partial charge in [-0.05, 0) is 25.3 Å². The minimum Gasteiger partial charge on any atom is -0.490 e. The first-order chi connectivity index (χ1) is 12.0. The number of hydrogen-bond acceptors (Lipinski definition) is 6. The zero-order chi connectivity index (χ0) is 18.4. The average Bonchev–Trinajstić information content (AvgIpc) is 3.08. The van der Waals surface area contributed by atoms with Crippen LogP contribution in [0.4, 0.5) is 10.1 Å². The summed E-state index contributed by atoms with van der Waals surface area (Å²) in [5.41, 5.74) is 6.05. The van der Waals surface area contributed by atoms with Gasteiger partial charge in [0.15, 0.2) is 11.6 Å². The second-order valence-corrected chi connectivity index (χ2v) is 5.88. The summed E-state index contributed by atoms with van der Waals surface area (Å²) in [6, 6.07) is 2.06. The number of nitrogens with two attached hydrogens (primary N) is 1. The molecule has 0 radical (unpaired) electrons. The van der Waals surface area contributed by atoms with E-state index >= 15 is 0 Å². The molecule has 1 saturated heterocycles. The second kappa shape index (κ2) is 8.66. The van der Waals surface area contributed by atoms with Crippen molar-refractivity contribution in [2.24, 2.45) is 0 Å². The quantitative estimate of drug-likeness (QED) is 0.435. The maximum Gasteiger partial charge on any atom is 0.305 e. The third kappa shape index (κ3) is 4.60. The lowest BCUT2D eigenvalue weighted by molar-refractivity contribution is -0.140. The summed E-state index contributed by atoms with van der Waals surface area (Å²) in [7, 11) is 1.29. The van der Waals surface area contributed by atoms with Gasteiger partial charge >= 0.3 is 5.97 Å². The molecule has 8 heteroatoms. The van der Waals surface area contributed by atoms with Gasteiger partial charge in [-0.15, -0.1) is 0 Å².